The van der Waals surface area contributed by atoms with Crippen molar-refractivity contribution in [1.82, 2.24) is 5.32 Å². The molecule has 0 aliphatic rings. The Bertz CT molecular complexity index is 988. The Kier molecular flexibility index (Phi) is 9.51. The van der Waals surface area contributed by atoms with Gasteiger partial charge < -0.3 is 19.7 Å². The van der Waals surface area contributed by atoms with Gasteiger partial charge in [0.05, 0.1) is 29.7 Å². The van der Waals surface area contributed by atoms with Crippen LogP contribution >= 0.6 is 11.6 Å². The standard InChI is InChI=1S/C23H24ClN3O5/c1-3-31-18-11-9-17(10-12-18)27(14-6-13-25)21(28)15-32-23(30)16(2)26-22(29)19-7-4-5-8-20(19)24/h4-5,7-12,16H,3,6,14-15H2,1-2H3,(H,26,29)/t16-/m0/s1. The highest BCUT2D eigenvalue weighted by atomic mass is 35.5. The molecule has 0 spiro atoms. The van der Waals surface area contributed by atoms with E-state index in [1.165, 1.54) is 17.9 Å². The number of carbonyl (C=O) groups excluding carboxylic acids is 3. The largest absolute Gasteiger partial charge is 0.494 e. The van der Waals surface area contributed by atoms with Crippen LogP contribution in [0.4, 0.5) is 5.69 Å². The van der Waals surface area contributed by atoms with Crippen molar-refractivity contribution >= 4 is 35.1 Å². The summed E-state index contributed by atoms with van der Waals surface area (Å²) >= 11 is 5.99. The number of anilines is 1. The van der Waals surface area contributed by atoms with E-state index in [1.54, 1.807) is 42.5 Å². The zero-order valence-electron chi connectivity index (χ0n) is 17.8. The average Bonchev–Trinajstić information content (AvgIpc) is 2.79. The number of amides is 2. The topological polar surface area (TPSA) is 109 Å². The van der Waals surface area contributed by atoms with Gasteiger partial charge in [-0.2, -0.15) is 5.26 Å². The van der Waals surface area contributed by atoms with Gasteiger partial charge in [-0.15, -0.1) is 0 Å². The predicted molar refractivity (Wildman–Crippen MR) is 120 cm³/mol. The number of halogens is 1. The molecule has 8 nitrogen and oxygen atoms in total. The van der Waals surface area contributed by atoms with Gasteiger partial charge in [0.25, 0.3) is 11.8 Å². The van der Waals surface area contributed by atoms with Gasteiger partial charge >= 0.3 is 5.97 Å². The lowest BCUT2D eigenvalue weighted by Gasteiger charge is -2.22. The first-order valence-corrected chi connectivity index (χ1v) is 10.4. The zero-order chi connectivity index (χ0) is 23.5. The molecule has 9 heteroatoms. The molecule has 0 radical (unpaired) electrons. The molecule has 168 valence electrons. The van der Waals surface area contributed by atoms with E-state index < -0.39 is 30.4 Å². The first-order chi connectivity index (χ1) is 15.4. The molecule has 0 saturated carbocycles. The molecular formula is C23H24ClN3O5. The van der Waals surface area contributed by atoms with E-state index in [0.29, 0.717) is 18.0 Å². The molecule has 0 bridgehead atoms. The summed E-state index contributed by atoms with van der Waals surface area (Å²) in [6.45, 7) is 3.42. The van der Waals surface area contributed by atoms with E-state index in [2.05, 4.69) is 5.32 Å². The molecule has 1 N–H and O–H groups in total. The first-order valence-electron chi connectivity index (χ1n) is 9.99. The number of nitriles is 1. The molecule has 0 unspecified atom stereocenters. The first kappa shape index (κ1) is 24.7. The molecule has 2 rings (SSSR count). The molecule has 1 atom stereocenters. The molecular weight excluding hydrogens is 434 g/mol. The lowest BCUT2D eigenvalue weighted by atomic mass is 10.2. The molecule has 0 heterocycles. The van der Waals surface area contributed by atoms with Gasteiger partial charge in [0.1, 0.15) is 11.8 Å². The van der Waals surface area contributed by atoms with Crippen molar-refractivity contribution in [3.8, 4) is 11.8 Å². The third-order valence-electron chi connectivity index (χ3n) is 4.37. The summed E-state index contributed by atoms with van der Waals surface area (Å²) < 4.78 is 10.5. The molecule has 2 amide bonds. The van der Waals surface area contributed by atoms with E-state index in [0.717, 1.165) is 0 Å². The number of nitrogens with zero attached hydrogens (tertiary/aromatic N) is 2. The van der Waals surface area contributed by atoms with Crippen molar-refractivity contribution < 1.29 is 23.9 Å². The second kappa shape index (κ2) is 12.3. The van der Waals surface area contributed by atoms with Crippen LogP contribution in [0.25, 0.3) is 0 Å². The zero-order valence-corrected chi connectivity index (χ0v) is 18.6. The van der Waals surface area contributed by atoms with Crippen LogP contribution in [0.5, 0.6) is 5.75 Å². The maximum Gasteiger partial charge on any atom is 0.328 e. The van der Waals surface area contributed by atoms with E-state index in [9.17, 15) is 14.4 Å². The predicted octanol–water partition coefficient (Wildman–Crippen LogP) is 3.35. The molecule has 2 aromatic carbocycles. The summed E-state index contributed by atoms with van der Waals surface area (Å²) in [5.74, 6) is -1.15. The Hall–Kier alpha value is -3.57. The van der Waals surface area contributed by atoms with Crippen LogP contribution < -0.4 is 15.0 Å². The van der Waals surface area contributed by atoms with Crippen LogP contribution in [0.15, 0.2) is 48.5 Å². The van der Waals surface area contributed by atoms with Gasteiger partial charge in [0, 0.05) is 12.2 Å². The van der Waals surface area contributed by atoms with E-state index in [4.69, 9.17) is 26.3 Å². The van der Waals surface area contributed by atoms with Crippen LogP contribution in [0.1, 0.15) is 30.6 Å². The summed E-state index contributed by atoms with van der Waals surface area (Å²) in [6, 6.07) is 14.2. The summed E-state index contributed by atoms with van der Waals surface area (Å²) in [7, 11) is 0. The number of esters is 1. The SMILES string of the molecule is CCOc1ccc(N(CCC#N)C(=O)COC(=O)[C@H](C)NC(=O)c2ccccc2Cl)cc1. The minimum absolute atomic E-state index is 0.108. The summed E-state index contributed by atoms with van der Waals surface area (Å²) in [5, 5.41) is 11.7. The average molecular weight is 458 g/mol. The number of benzene rings is 2. The third kappa shape index (κ3) is 7.00. The fourth-order valence-corrected chi connectivity index (χ4v) is 2.98. The highest BCUT2D eigenvalue weighted by Crippen LogP contribution is 2.20. The van der Waals surface area contributed by atoms with Crippen LogP contribution in [-0.2, 0) is 14.3 Å². The van der Waals surface area contributed by atoms with Crippen molar-refractivity contribution in [3.05, 3.63) is 59.1 Å². The number of carbonyl (C=O) groups is 3. The maximum absolute atomic E-state index is 12.7. The van der Waals surface area contributed by atoms with E-state index in [1.807, 2.05) is 13.0 Å². The van der Waals surface area contributed by atoms with Gasteiger partial charge in [-0.3, -0.25) is 9.59 Å². The molecule has 0 aliphatic carbocycles. The van der Waals surface area contributed by atoms with Crippen molar-refractivity contribution in [1.29, 1.82) is 5.26 Å². The number of hydrogen-bond acceptors (Lipinski definition) is 6. The van der Waals surface area contributed by atoms with E-state index >= 15 is 0 Å². The van der Waals surface area contributed by atoms with Crippen LogP contribution in [0, 0.1) is 11.3 Å². The fraction of sp³-hybridized carbons (Fsp3) is 0.304. The Morgan fingerprint density at radius 1 is 1.16 bits per heavy atom. The lowest BCUT2D eigenvalue weighted by Crippen LogP contribution is -2.42. The Labute approximate surface area is 191 Å². The van der Waals surface area contributed by atoms with Crippen LogP contribution in [0.3, 0.4) is 0 Å². The minimum Gasteiger partial charge on any atom is -0.494 e. The lowest BCUT2D eigenvalue weighted by molar-refractivity contribution is -0.149. The molecule has 2 aromatic rings. The van der Waals surface area contributed by atoms with Crippen LogP contribution in [0.2, 0.25) is 5.02 Å². The molecule has 0 aliphatic heterocycles. The number of nitrogens with one attached hydrogen (secondary N) is 1. The summed E-state index contributed by atoms with van der Waals surface area (Å²) in [5.41, 5.74) is 0.771. The Balaban J connectivity index is 1.97. The summed E-state index contributed by atoms with van der Waals surface area (Å²) in [6.07, 6.45) is 0.108. The van der Waals surface area contributed by atoms with Gasteiger partial charge in [-0.1, -0.05) is 23.7 Å². The van der Waals surface area contributed by atoms with Crippen molar-refractivity contribution in [2.75, 3.05) is 24.7 Å². The smallest absolute Gasteiger partial charge is 0.328 e. The minimum atomic E-state index is -0.996. The fourth-order valence-electron chi connectivity index (χ4n) is 2.76. The molecule has 0 saturated heterocycles. The third-order valence-corrected chi connectivity index (χ3v) is 4.69. The number of hydrogen-bond donors (Lipinski definition) is 1. The van der Waals surface area contributed by atoms with Crippen LogP contribution in [-0.4, -0.2) is 43.6 Å². The summed E-state index contributed by atoms with van der Waals surface area (Å²) in [4.78, 5) is 38.6. The molecule has 32 heavy (non-hydrogen) atoms. The monoisotopic (exact) mass is 457 g/mol. The van der Waals surface area contributed by atoms with Crippen molar-refractivity contribution in [3.63, 3.8) is 0 Å². The number of rotatable bonds is 10. The molecule has 0 fully saturated rings. The Morgan fingerprint density at radius 2 is 1.84 bits per heavy atom. The second-order valence-electron chi connectivity index (χ2n) is 6.66. The van der Waals surface area contributed by atoms with Gasteiger partial charge in [-0.05, 0) is 50.2 Å². The van der Waals surface area contributed by atoms with Gasteiger partial charge in [-0.25, -0.2) is 4.79 Å². The number of ether oxygens (including phenoxy) is 2. The highest BCUT2D eigenvalue weighted by Gasteiger charge is 2.22. The van der Waals surface area contributed by atoms with Crippen molar-refractivity contribution in [2.24, 2.45) is 0 Å². The van der Waals surface area contributed by atoms with Gasteiger partial charge in [0.15, 0.2) is 6.61 Å². The highest BCUT2D eigenvalue weighted by molar-refractivity contribution is 6.33. The maximum atomic E-state index is 12.7. The molecule has 0 aromatic heterocycles. The van der Waals surface area contributed by atoms with Crippen molar-refractivity contribution in [2.45, 2.75) is 26.3 Å². The normalized spacial score (nSPS) is 11.1. The second-order valence-corrected chi connectivity index (χ2v) is 7.07. The quantitative estimate of drug-likeness (QED) is 0.548. The van der Waals surface area contributed by atoms with E-state index in [-0.39, 0.29) is 23.6 Å². The Morgan fingerprint density at radius 3 is 2.47 bits per heavy atom. The van der Waals surface area contributed by atoms with Gasteiger partial charge in [0.2, 0.25) is 0 Å².